The van der Waals surface area contributed by atoms with Gasteiger partial charge in [0.25, 0.3) is 5.91 Å². The van der Waals surface area contributed by atoms with E-state index in [-0.39, 0.29) is 17.7 Å². The van der Waals surface area contributed by atoms with Crippen LogP contribution >= 0.6 is 0 Å². The first-order valence-corrected chi connectivity index (χ1v) is 7.65. The van der Waals surface area contributed by atoms with Gasteiger partial charge in [0.15, 0.2) is 0 Å². The highest BCUT2D eigenvalue weighted by Crippen LogP contribution is 2.21. The molecule has 1 aliphatic rings. The molecule has 3 rings (SSSR count). The van der Waals surface area contributed by atoms with Crippen LogP contribution in [0.15, 0.2) is 47.6 Å². The van der Waals surface area contributed by atoms with E-state index in [2.05, 4.69) is 15.2 Å². The average Bonchev–Trinajstić information content (AvgIpc) is 3.13. The minimum Gasteiger partial charge on any atom is -0.465 e. The molecule has 0 aromatic heterocycles. The van der Waals surface area contributed by atoms with Crippen molar-refractivity contribution >= 4 is 23.3 Å². The molecule has 0 saturated carbocycles. The number of nitrogens with zero attached hydrogens (tertiary/aromatic N) is 1. The van der Waals surface area contributed by atoms with Gasteiger partial charge < -0.3 is 14.9 Å². The molecule has 1 aliphatic heterocycles. The van der Waals surface area contributed by atoms with Crippen LogP contribution < -0.4 is 5.32 Å². The Kier molecular flexibility index (Phi) is 4.92. The van der Waals surface area contributed by atoms with Gasteiger partial charge in [0.2, 0.25) is 6.10 Å². The van der Waals surface area contributed by atoms with Crippen molar-refractivity contribution in [2.45, 2.75) is 12.5 Å². The van der Waals surface area contributed by atoms with Crippen molar-refractivity contribution in [2.24, 2.45) is 5.16 Å². The number of rotatable bonds is 4. The van der Waals surface area contributed by atoms with E-state index < -0.39 is 29.6 Å². The SMILES string of the molecule is COC(=O)c1ccc(F)c(NC(=O)[C@H]2CC(c3cccc(F)c3)=NO2)c1. The van der Waals surface area contributed by atoms with Gasteiger partial charge in [0.05, 0.1) is 24.1 Å². The van der Waals surface area contributed by atoms with Crippen molar-refractivity contribution in [1.29, 1.82) is 0 Å². The fourth-order valence-corrected chi connectivity index (χ4v) is 2.44. The quantitative estimate of drug-likeness (QED) is 0.851. The molecule has 8 heteroatoms. The maximum Gasteiger partial charge on any atom is 0.337 e. The van der Waals surface area contributed by atoms with E-state index in [1.165, 1.54) is 37.4 Å². The summed E-state index contributed by atoms with van der Waals surface area (Å²) in [5.41, 5.74) is 0.821. The Morgan fingerprint density at radius 3 is 2.77 bits per heavy atom. The number of halogens is 2. The van der Waals surface area contributed by atoms with Gasteiger partial charge in [-0.1, -0.05) is 17.3 Å². The third-order valence-electron chi connectivity index (χ3n) is 3.76. The lowest BCUT2D eigenvalue weighted by Crippen LogP contribution is -2.28. The molecule has 1 N–H and O–H groups in total. The monoisotopic (exact) mass is 360 g/mol. The molecule has 2 aromatic rings. The number of amides is 1. The third kappa shape index (κ3) is 3.69. The first-order chi connectivity index (χ1) is 12.5. The fourth-order valence-electron chi connectivity index (χ4n) is 2.44. The van der Waals surface area contributed by atoms with E-state index in [9.17, 15) is 18.4 Å². The van der Waals surface area contributed by atoms with Crippen molar-refractivity contribution in [3.05, 3.63) is 65.2 Å². The van der Waals surface area contributed by atoms with Crippen molar-refractivity contribution in [2.75, 3.05) is 12.4 Å². The number of anilines is 1. The molecule has 1 heterocycles. The molecule has 134 valence electrons. The number of methoxy groups -OCH3 is 1. The number of esters is 1. The van der Waals surface area contributed by atoms with Gasteiger partial charge in [-0.2, -0.15) is 0 Å². The number of ether oxygens (including phenoxy) is 1. The summed E-state index contributed by atoms with van der Waals surface area (Å²) in [5, 5.41) is 6.15. The molecule has 6 nitrogen and oxygen atoms in total. The molecular weight excluding hydrogens is 346 g/mol. The summed E-state index contributed by atoms with van der Waals surface area (Å²) in [6.45, 7) is 0. The van der Waals surface area contributed by atoms with Crippen LogP contribution in [0.3, 0.4) is 0 Å². The van der Waals surface area contributed by atoms with Crippen LogP contribution in [-0.4, -0.2) is 30.8 Å². The minimum absolute atomic E-state index is 0.0910. The van der Waals surface area contributed by atoms with Gasteiger partial charge in [-0.05, 0) is 30.3 Å². The van der Waals surface area contributed by atoms with Crippen molar-refractivity contribution < 1.29 is 27.9 Å². The number of hydrogen-bond acceptors (Lipinski definition) is 5. The fraction of sp³-hybridized carbons (Fsp3) is 0.167. The molecule has 0 spiro atoms. The number of hydrogen-bond donors (Lipinski definition) is 1. The van der Waals surface area contributed by atoms with Crippen LogP contribution in [0.2, 0.25) is 0 Å². The van der Waals surface area contributed by atoms with E-state index >= 15 is 0 Å². The van der Waals surface area contributed by atoms with Gasteiger partial charge in [-0.15, -0.1) is 0 Å². The van der Waals surface area contributed by atoms with E-state index in [1.54, 1.807) is 6.07 Å². The standard InChI is InChI=1S/C18H14F2N2O4/c1-25-18(24)11-5-6-13(20)15(8-11)21-17(23)16-9-14(22-26-16)10-3-2-4-12(19)7-10/h2-8,16H,9H2,1H3,(H,21,23)/t16-/m1/s1. The van der Waals surface area contributed by atoms with E-state index in [0.717, 1.165) is 6.07 Å². The van der Waals surface area contributed by atoms with Gasteiger partial charge in [0.1, 0.15) is 11.6 Å². The summed E-state index contributed by atoms with van der Waals surface area (Å²) < 4.78 is 31.7. The topological polar surface area (TPSA) is 77.0 Å². The Morgan fingerprint density at radius 2 is 2.04 bits per heavy atom. The zero-order chi connectivity index (χ0) is 18.7. The Hall–Kier alpha value is -3.29. The summed E-state index contributed by atoms with van der Waals surface area (Å²) in [5.74, 6) is -2.44. The van der Waals surface area contributed by atoms with Gasteiger partial charge in [-0.3, -0.25) is 4.79 Å². The van der Waals surface area contributed by atoms with Crippen LogP contribution in [0, 0.1) is 11.6 Å². The van der Waals surface area contributed by atoms with Crippen LogP contribution in [0.4, 0.5) is 14.5 Å². The Labute approximate surface area is 147 Å². The van der Waals surface area contributed by atoms with Crippen molar-refractivity contribution in [1.82, 2.24) is 0 Å². The number of nitrogens with one attached hydrogen (secondary N) is 1. The second-order valence-corrected chi connectivity index (χ2v) is 5.52. The van der Waals surface area contributed by atoms with Crippen LogP contribution in [0.5, 0.6) is 0 Å². The number of carbonyl (C=O) groups is 2. The number of benzene rings is 2. The molecule has 0 aliphatic carbocycles. The normalized spacial score (nSPS) is 15.8. The molecule has 0 bridgehead atoms. The Morgan fingerprint density at radius 1 is 1.23 bits per heavy atom. The van der Waals surface area contributed by atoms with Crippen LogP contribution in [-0.2, 0) is 14.4 Å². The predicted octanol–water partition coefficient (Wildman–Crippen LogP) is 2.88. The third-order valence-corrected chi connectivity index (χ3v) is 3.76. The van der Waals surface area contributed by atoms with Crippen molar-refractivity contribution in [3.63, 3.8) is 0 Å². The van der Waals surface area contributed by atoms with Crippen LogP contribution in [0.1, 0.15) is 22.3 Å². The van der Waals surface area contributed by atoms with E-state index in [0.29, 0.717) is 11.3 Å². The van der Waals surface area contributed by atoms with Gasteiger partial charge >= 0.3 is 5.97 Å². The molecule has 1 amide bonds. The molecule has 26 heavy (non-hydrogen) atoms. The summed E-state index contributed by atoms with van der Waals surface area (Å²) >= 11 is 0. The van der Waals surface area contributed by atoms with Crippen LogP contribution in [0.25, 0.3) is 0 Å². The van der Waals surface area contributed by atoms with Crippen molar-refractivity contribution in [3.8, 4) is 0 Å². The minimum atomic E-state index is -0.991. The summed E-state index contributed by atoms with van der Waals surface area (Å²) in [6, 6.07) is 9.20. The molecule has 1 atom stereocenters. The highest BCUT2D eigenvalue weighted by Gasteiger charge is 2.29. The molecule has 0 fully saturated rings. The number of oxime groups is 1. The second-order valence-electron chi connectivity index (χ2n) is 5.52. The van der Waals surface area contributed by atoms with E-state index in [4.69, 9.17) is 4.84 Å². The zero-order valence-corrected chi connectivity index (χ0v) is 13.7. The second kappa shape index (κ2) is 7.30. The number of carbonyl (C=O) groups excluding carboxylic acids is 2. The lowest BCUT2D eigenvalue weighted by Gasteiger charge is -2.11. The highest BCUT2D eigenvalue weighted by molar-refractivity contribution is 6.06. The highest BCUT2D eigenvalue weighted by atomic mass is 19.1. The summed E-state index contributed by atoms with van der Waals surface area (Å²) in [6.07, 6.45) is -0.886. The average molecular weight is 360 g/mol. The molecular formula is C18H14F2N2O4. The molecule has 2 aromatic carbocycles. The summed E-state index contributed by atoms with van der Waals surface area (Å²) in [7, 11) is 1.20. The summed E-state index contributed by atoms with van der Waals surface area (Å²) in [4.78, 5) is 28.9. The predicted molar refractivity (Wildman–Crippen MR) is 88.8 cm³/mol. The molecule has 0 saturated heterocycles. The Bertz CT molecular complexity index is 899. The first-order valence-electron chi connectivity index (χ1n) is 7.65. The first kappa shape index (κ1) is 17.5. The zero-order valence-electron chi connectivity index (χ0n) is 13.7. The lowest BCUT2D eigenvalue weighted by molar-refractivity contribution is -0.125. The largest absolute Gasteiger partial charge is 0.465 e. The van der Waals surface area contributed by atoms with E-state index in [1.807, 2.05) is 0 Å². The molecule has 0 radical (unpaired) electrons. The van der Waals surface area contributed by atoms with Gasteiger partial charge in [0, 0.05) is 12.0 Å². The lowest BCUT2D eigenvalue weighted by atomic mass is 10.0. The Balaban J connectivity index is 1.69. The maximum absolute atomic E-state index is 13.9. The smallest absolute Gasteiger partial charge is 0.337 e. The van der Waals surface area contributed by atoms with Gasteiger partial charge in [-0.25, -0.2) is 13.6 Å². The maximum atomic E-state index is 13.9. The molecule has 0 unspecified atom stereocenters.